The number of pyridine rings is 1. The van der Waals surface area contributed by atoms with Gasteiger partial charge in [0.2, 0.25) is 5.88 Å². The number of fused-ring (bicyclic) bond motifs is 1. The Bertz CT molecular complexity index is 1030. The van der Waals surface area contributed by atoms with Crippen molar-refractivity contribution in [3.8, 4) is 11.6 Å². The Morgan fingerprint density at radius 3 is 2.73 bits per heavy atom. The summed E-state index contributed by atoms with van der Waals surface area (Å²) in [7, 11) is 0. The molecule has 0 fully saturated rings. The molecule has 4 aromatic rings. The number of ether oxygens (including phenoxy) is 1. The molecule has 3 heterocycles. The van der Waals surface area contributed by atoms with Gasteiger partial charge in [-0.2, -0.15) is 5.10 Å². The van der Waals surface area contributed by atoms with Crippen LogP contribution in [0.15, 0.2) is 61.1 Å². The van der Waals surface area contributed by atoms with Crippen LogP contribution in [-0.2, 0) is 6.54 Å². The van der Waals surface area contributed by atoms with E-state index in [1.54, 1.807) is 35.1 Å². The number of rotatable bonds is 5. The van der Waals surface area contributed by atoms with Crippen LogP contribution in [0.4, 0.5) is 10.2 Å². The van der Waals surface area contributed by atoms with Crippen molar-refractivity contribution in [2.45, 2.75) is 13.5 Å². The van der Waals surface area contributed by atoms with Crippen LogP contribution in [0.25, 0.3) is 5.52 Å². The lowest BCUT2D eigenvalue weighted by atomic mass is 10.3. The molecule has 4 rings (SSSR count). The summed E-state index contributed by atoms with van der Waals surface area (Å²) >= 11 is 0. The molecular formula is C19H16FN5O. The normalized spacial score (nSPS) is 10.8. The summed E-state index contributed by atoms with van der Waals surface area (Å²) in [5.41, 5.74) is 2.84. The summed E-state index contributed by atoms with van der Waals surface area (Å²) in [4.78, 5) is 8.65. The summed E-state index contributed by atoms with van der Waals surface area (Å²) in [5, 5.41) is 7.67. The van der Waals surface area contributed by atoms with Gasteiger partial charge >= 0.3 is 0 Å². The summed E-state index contributed by atoms with van der Waals surface area (Å²) in [6, 6.07) is 11.5. The Morgan fingerprint density at radius 1 is 1.12 bits per heavy atom. The lowest BCUT2D eigenvalue weighted by Gasteiger charge is -2.08. The number of nitrogens with zero attached hydrogens (tertiary/aromatic N) is 4. The van der Waals surface area contributed by atoms with Crippen LogP contribution < -0.4 is 10.1 Å². The van der Waals surface area contributed by atoms with Crippen molar-refractivity contribution >= 4 is 11.3 Å². The van der Waals surface area contributed by atoms with Crippen molar-refractivity contribution in [1.82, 2.24) is 19.6 Å². The van der Waals surface area contributed by atoms with E-state index in [2.05, 4.69) is 20.4 Å². The van der Waals surface area contributed by atoms with Crippen molar-refractivity contribution in [3.63, 3.8) is 0 Å². The number of nitrogens with one attached hydrogen (secondary N) is 1. The minimum absolute atomic E-state index is 0.302. The zero-order valence-corrected chi connectivity index (χ0v) is 14.1. The van der Waals surface area contributed by atoms with E-state index >= 15 is 0 Å². The van der Waals surface area contributed by atoms with Gasteiger partial charge in [-0.15, -0.1) is 0 Å². The number of hydrogen-bond acceptors (Lipinski definition) is 5. The van der Waals surface area contributed by atoms with Gasteiger partial charge in [0.05, 0.1) is 5.69 Å². The van der Waals surface area contributed by atoms with Crippen molar-refractivity contribution in [1.29, 1.82) is 0 Å². The molecule has 0 saturated heterocycles. The van der Waals surface area contributed by atoms with Gasteiger partial charge in [-0.3, -0.25) is 0 Å². The van der Waals surface area contributed by atoms with Crippen LogP contribution in [-0.4, -0.2) is 19.6 Å². The first-order valence-corrected chi connectivity index (χ1v) is 8.10. The predicted octanol–water partition coefficient (Wildman–Crippen LogP) is 3.98. The fourth-order valence-electron chi connectivity index (χ4n) is 2.57. The van der Waals surface area contributed by atoms with Crippen LogP contribution in [0.1, 0.15) is 11.3 Å². The molecule has 0 atom stereocenters. The highest BCUT2D eigenvalue weighted by molar-refractivity contribution is 5.67. The highest BCUT2D eigenvalue weighted by Crippen LogP contribution is 2.20. The van der Waals surface area contributed by atoms with E-state index < -0.39 is 0 Å². The number of aromatic nitrogens is 4. The Balaban J connectivity index is 1.43. The highest BCUT2D eigenvalue weighted by atomic mass is 19.1. The number of anilines is 1. The Hall–Kier alpha value is -3.48. The molecule has 0 unspecified atom stereocenters. The predicted molar refractivity (Wildman–Crippen MR) is 95.8 cm³/mol. The Kier molecular flexibility index (Phi) is 4.18. The van der Waals surface area contributed by atoms with Gasteiger partial charge in [0.25, 0.3) is 0 Å². The van der Waals surface area contributed by atoms with E-state index in [4.69, 9.17) is 4.74 Å². The lowest BCUT2D eigenvalue weighted by molar-refractivity contribution is 0.461. The molecule has 0 bridgehead atoms. The van der Waals surface area contributed by atoms with Crippen LogP contribution in [0.3, 0.4) is 0 Å². The SMILES string of the molecule is Cc1cc2c(NCc3ccc(Oc4ccc(F)cc4)nc3)nccn2n1. The first kappa shape index (κ1) is 16.0. The molecular weight excluding hydrogens is 333 g/mol. The molecule has 26 heavy (non-hydrogen) atoms. The number of hydrogen-bond donors (Lipinski definition) is 1. The lowest BCUT2D eigenvalue weighted by Crippen LogP contribution is -2.04. The zero-order chi connectivity index (χ0) is 17.9. The molecule has 0 spiro atoms. The largest absolute Gasteiger partial charge is 0.439 e. The minimum Gasteiger partial charge on any atom is -0.439 e. The second-order valence-electron chi connectivity index (χ2n) is 5.81. The van der Waals surface area contributed by atoms with E-state index in [1.807, 2.05) is 25.3 Å². The van der Waals surface area contributed by atoms with Crippen molar-refractivity contribution in [2.24, 2.45) is 0 Å². The molecule has 130 valence electrons. The maximum atomic E-state index is 12.9. The maximum Gasteiger partial charge on any atom is 0.219 e. The summed E-state index contributed by atoms with van der Waals surface area (Å²) in [5.74, 6) is 1.45. The van der Waals surface area contributed by atoms with Crippen molar-refractivity contribution < 1.29 is 9.13 Å². The molecule has 0 radical (unpaired) electrons. The van der Waals surface area contributed by atoms with Gasteiger partial charge < -0.3 is 10.1 Å². The molecule has 0 amide bonds. The van der Waals surface area contributed by atoms with Gasteiger partial charge in [0.1, 0.15) is 17.1 Å². The second-order valence-corrected chi connectivity index (χ2v) is 5.81. The first-order chi connectivity index (χ1) is 12.7. The van der Waals surface area contributed by atoms with E-state index in [9.17, 15) is 4.39 Å². The van der Waals surface area contributed by atoms with Gasteiger partial charge in [-0.05, 0) is 42.8 Å². The van der Waals surface area contributed by atoms with Gasteiger partial charge in [0, 0.05) is 31.2 Å². The van der Waals surface area contributed by atoms with Gasteiger partial charge in [-0.1, -0.05) is 6.07 Å². The second kappa shape index (κ2) is 6.79. The van der Waals surface area contributed by atoms with Gasteiger partial charge in [-0.25, -0.2) is 18.9 Å². The molecule has 1 N–H and O–H groups in total. The molecule has 0 aliphatic rings. The Labute approximate surface area is 149 Å². The highest BCUT2D eigenvalue weighted by Gasteiger charge is 2.05. The summed E-state index contributed by atoms with van der Waals surface area (Å²) in [6.45, 7) is 2.52. The van der Waals surface area contributed by atoms with E-state index in [0.717, 1.165) is 22.6 Å². The molecule has 6 nitrogen and oxygen atoms in total. The standard InChI is InChI=1S/C19H16FN5O/c1-13-10-17-19(21-8-9-25(17)24-13)23-12-14-2-7-18(22-11-14)26-16-5-3-15(20)4-6-16/h2-11H,12H2,1H3,(H,21,23). The van der Waals surface area contributed by atoms with Crippen molar-refractivity contribution in [3.05, 3.63) is 78.1 Å². The topological polar surface area (TPSA) is 64.3 Å². The molecule has 0 aliphatic carbocycles. The van der Waals surface area contributed by atoms with E-state index in [0.29, 0.717) is 18.2 Å². The summed E-state index contributed by atoms with van der Waals surface area (Å²) < 4.78 is 20.3. The number of aryl methyl sites for hydroxylation is 1. The fourth-order valence-corrected chi connectivity index (χ4v) is 2.57. The third kappa shape index (κ3) is 3.46. The maximum absolute atomic E-state index is 12.9. The molecule has 3 aromatic heterocycles. The number of benzene rings is 1. The summed E-state index contributed by atoms with van der Waals surface area (Å²) in [6.07, 6.45) is 5.25. The molecule has 1 aromatic carbocycles. The van der Waals surface area contributed by atoms with Crippen LogP contribution in [0.5, 0.6) is 11.6 Å². The smallest absolute Gasteiger partial charge is 0.219 e. The van der Waals surface area contributed by atoms with E-state index in [-0.39, 0.29) is 5.82 Å². The minimum atomic E-state index is -0.302. The van der Waals surface area contributed by atoms with Crippen LogP contribution in [0.2, 0.25) is 0 Å². The fraction of sp³-hybridized carbons (Fsp3) is 0.105. The third-order valence-corrected chi connectivity index (χ3v) is 3.81. The average molecular weight is 349 g/mol. The quantitative estimate of drug-likeness (QED) is 0.590. The van der Waals surface area contributed by atoms with Crippen LogP contribution >= 0.6 is 0 Å². The monoisotopic (exact) mass is 349 g/mol. The first-order valence-electron chi connectivity index (χ1n) is 8.10. The Morgan fingerprint density at radius 2 is 1.96 bits per heavy atom. The van der Waals surface area contributed by atoms with Crippen LogP contribution in [0, 0.1) is 12.7 Å². The molecule has 0 saturated carbocycles. The molecule has 7 heteroatoms. The third-order valence-electron chi connectivity index (χ3n) is 3.81. The van der Waals surface area contributed by atoms with E-state index in [1.165, 1.54) is 12.1 Å². The number of halogens is 1. The molecule has 0 aliphatic heterocycles. The zero-order valence-electron chi connectivity index (χ0n) is 14.1. The average Bonchev–Trinajstić information content (AvgIpc) is 3.04. The van der Waals surface area contributed by atoms with Crippen molar-refractivity contribution in [2.75, 3.05) is 5.32 Å². The van der Waals surface area contributed by atoms with Gasteiger partial charge in [0.15, 0.2) is 5.82 Å².